The Hall–Kier alpha value is -3.36. The molecule has 132 valence electrons. The van der Waals surface area contributed by atoms with Crippen molar-refractivity contribution in [2.75, 3.05) is 6.61 Å². The van der Waals surface area contributed by atoms with Crippen LogP contribution in [0.3, 0.4) is 0 Å². The van der Waals surface area contributed by atoms with Gasteiger partial charge in [0, 0.05) is 17.3 Å². The fourth-order valence-corrected chi connectivity index (χ4v) is 2.68. The number of nitrogens with one attached hydrogen (secondary N) is 1. The fraction of sp³-hybridized carbons (Fsp3) is 0.250. The quantitative estimate of drug-likeness (QED) is 0.391. The number of dihydropyridines is 1. The second-order valence-electron chi connectivity index (χ2n) is 5.21. The van der Waals surface area contributed by atoms with E-state index in [9.17, 15) is 29.8 Å². The van der Waals surface area contributed by atoms with E-state index in [-0.39, 0.29) is 29.1 Å². The van der Waals surface area contributed by atoms with E-state index in [0.29, 0.717) is 4.73 Å². The van der Waals surface area contributed by atoms with Gasteiger partial charge in [-0.05, 0) is 19.9 Å². The van der Waals surface area contributed by atoms with Gasteiger partial charge in [-0.2, -0.15) is 4.73 Å². The van der Waals surface area contributed by atoms with E-state index >= 15 is 0 Å². The van der Waals surface area contributed by atoms with Crippen molar-refractivity contribution in [1.29, 1.82) is 0 Å². The third-order valence-electron chi connectivity index (χ3n) is 3.63. The highest BCUT2D eigenvalue weighted by Crippen LogP contribution is 2.38. The van der Waals surface area contributed by atoms with E-state index in [1.54, 1.807) is 6.92 Å². The van der Waals surface area contributed by atoms with Crippen molar-refractivity contribution in [1.82, 2.24) is 5.32 Å². The number of carboxylic acid groups (broad SMARTS) is 2. The van der Waals surface area contributed by atoms with Crippen LogP contribution in [0.2, 0.25) is 0 Å². The van der Waals surface area contributed by atoms with Crippen LogP contribution in [-0.4, -0.2) is 34.7 Å². The second-order valence-corrected chi connectivity index (χ2v) is 5.21. The summed E-state index contributed by atoms with van der Waals surface area (Å²) in [5.41, 5.74) is -0.894. The standard InChI is InChI=1S/C16H16N2O7/c1-3-25-16(23)13-12(15(21)22)11(9-5-4-6-18(24)7-9)10(14(19)20)8(2)17-13/h4-7,11,17H,3H2,1-2H3,(H,19,20)(H,21,22). The number of aromatic nitrogens is 1. The average Bonchev–Trinajstić information content (AvgIpc) is 2.53. The fourth-order valence-electron chi connectivity index (χ4n) is 2.68. The third kappa shape index (κ3) is 3.44. The Balaban J connectivity index is 2.75. The van der Waals surface area contributed by atoms with Gasteiger partial charge in [0.05, 0.1) is 23.7 Å². The van der Waals surface area contributed by atoms with Gasteiger partial charge < -0.3 is 25.5 Å². The molecule has 1 aromatic heterocycles. The maximum Gasteiger partial charge on any atom is 0.355 e. The molecule has 0 amide bonds. The monoisotopic (exact) mass is 348 g/mol. The van der Waals surface area contributed by atoms with Crippen molar-refractivity contribution >= 4 is 17.9 Å². The number of carboxylic acids is 2. The molecule has 0 aliphatic carbocycles. The molecule has 0 radical (unpaired) electrons. The summed E-state index contributed by atoms with van der Waals surface area (Å²) in [7, 11) is 0. The van der Waals surface area contributed by atoms with E-state index in [1.807, 2.05) is 0 Å². The van der Waals surface area contributed by atoms with Gasteiger partial charge in [0.25, 0.3) is 0 Å². The molecule has 0 spiro atoms. The lowest BCUT2D eigenvalue weighted by atomic mass is 9.81. The number of rotatable bonds is 5. The molecule has 1 atom stereocenters. The van der Waals surface area contributed by atoms with Crippen molar-refractivity contribution in [3.8, 4) is 0 Å². The van der Waals surface area contributed by atoms with Gasteiger partial charge in [0.15, 0.2) is 12.4 Å². The lowest BCUT2D eigenvalue weighted by Gasteiger charge is -2.28. The van der Waals surface area contributed by atoms with Gasteiger partial charge >= 0.3 is 17.9 Å². The Morgan fingerprint density at radius 3 is 2.44 bits per heavy atom. The van der Waals surface area contributed by atoms with Crippen molar-refractivity contribution in [2.24, 2.45) is 0 Å². The summed E-state index contributed by atoms with van der Waals surface area (Å²) in [4.78, 5) is 35.6. The van der Waals surface area contributed by atoms with E-state index < -0.39 is 29.4 Å². The second kappa shape index (κ2) is 7.04. The maximum absolute atomic E-state index is 12.1. The number of esters is 1. The molecule has 1 aliphatic rings. The number of nitrogens with zero attached hydrogens (tertiary/aromatic N) is 1. The molecule has 0 bridgehead atoms. The zero-order valence-corrected chi connectivity index (χ0v) is 13.5. The summed E-state index contributed by atoms with van der Waals surface area (Å²) in [6.07, 6.45) is 2.25. The molecule has 9 nitrogen and oxygen atoms in total. The molecular weight excluding hydrogens is 332 g/mol. The zero-order chi connectivity index (χ0) is 18.7. The molecule has 3 N–H and O–H groups in total. The molecule has 0 saturated heterocycles. The number of ether oxygens (including phenoxy) is 1. The Morgan fingerprint density at radius 2 is 1.92 bits per heavy atom. The average molecular weight is 348 g/mol. The minimum absolute atomic E-state index is 0.0159. The molecule has 0 saturated carbocycles. The predicted molar refractivity (Wildman–Crippen MR) is 82.9 cm³/mol. The lowest BCUT2D eigenvalue weighted by molar-refractivity contribution is -0.605. The molecule has 1 aromatic rings. The van der Waals surface area contributed by atoms with Crippen LogP contribution in [-0.2, 0) is 19.1 Å². The van der Waals surface area contributed by atoms with Crippen LogP contribution < -0.4 is 10.0 Å². The van der Waals surface area contributed by atoms with Crippen molar-refractivity contribution in [3.63, 3.8) is 0 Å². The van der Waals surface area contributed by atoms with Gasteiger partial charge in [-0.3, -0.25) is 0 Å². The van der Waals surface area contributed by atoms with Crippen molar-refractivity contribution in [3.05, 3.63) is 57.8 Å². The minimum atomic E-state index is -1.49. The van der Waals surface area contributed by atoms with Crippen LogP contribution in [0.1, 0.15) is 25.3 Å². The summed E-state index contributed by atoms with van der Waals surface area (Å²) < 4.78 is 5.28. The highest BCUT2D eigenvalue weighted by Gasteiger charge is 2.40. The number of aliphatic carboxylic acids is 2. The number of allylic oxidation sites excluding steroid dienone is 1. The first-order valence-corrected chi connectivity index (χ1v) is 7.32. The normalized spacial score (nSPS) is 17.1. The third-order valence-corrected chi connectivity index (χ3v) is 3.63. The van der Waals surface area contributed by atoms with Crippen LogP contribution >= 0.6 is 0 Å². The van der Waals surface area contributed by atoms with Crippen LogP contribution in [0.4, 0.5) is 0 Å². The smallest absolute Gasteiger partial charge is 0.355 e. The van der Waals surface area contributed by atoms with Crippen LogP contribution in [0.15, 0.2) is 47.1 Å². The molecule has 25 heavy (non-hydrogen) atoms. The topological polar surface area (TPSA) is 140 Å². The van der Waals surface area contributed by atoms with Crippen LogP contribution in [0, 0.1) is 5.21 Å². The molecule has 2 heterocycles. The van der Waals surface area contributed by atoms with Gasteiger partial charge in [0.1, 0.15) is 5.70 Å². The number of hydrogen-bond acceptors (Lipinski definition) is 6. The highest BCUT2D eigenvalue weighted by atomic mass is 16.5. The van der Waals surface area contributed by atoms with Gasteiger partial charge in [-0.25, -0.2) is 14.4 Å². The summed E-state index contributed by atoms with van der Waals surface area (Å²) in [5, 5.41) is 33.2. The van der Waals surface area contributed by atoms with Gasteiger partial charge in [0.2, 0.25) is 0 Å². The minimum Gasteiger partial charge on any atom is -0.619 e. The van der Waals surface area contributed by atoms with E-state index in [1.165, 1.54) is 25.3 Å². The molecule has 0 aromatic carbocycles. The van der Waals surface area contributed by atoms with Crippen molar-refractivity contribution in [2.45, 2.75) is 19.8 Å². The lowest BCUT2D eigenvalue weighted by Crippen LogP contribution is -2.36. The van der Waals surface area contributed by atoms with Crippen molar-refractivity contribution < 1.29 is 34.1 Å². The first-order valence-electron chi connectivity index (χ1n) is 7.32. The number of pyridine rings is 1. The molecule has 2 rings (SSSR count). The summed E-state index contributed by atoms with van der Waals surface area (Å²) in [6, 6.07) is 2.79. The maximum atomic E-state index is 12.1. The molecule has 1 unspecified atom stereocenters. The zero-order valence-electron chi connectivity index (χ0n) is 13.5. The Labute approximate surface area is 142 Å². The van der Waals surface area contributed by atoms with Gasteiger partial charge in [-0.1, -0.05) is 0 Å². The number of hydrogen-bond donors (Lipinski definition) is 3. The predicted octanol–water partition coefficient (Wildman–Crippen LogP) is 0.267. The van der Waals surface area contributed by atoms with E-state index in [2.05, 4.69) is 5.32 Å². The SMILES string of the molecule is CCOC(=O)C1=C(C(=O)O)C(c2ccc[n+]([O-])c2)C(C(=O)O)=C(C)N1. The Bertz CT molecular complexity index is 810. The van der Waals surface area contributed by atoms with Crippen LogP contribution in [0.25, 0.3) is 0 Å². The summed E-state index contributed by atoms with van der Waals surface area (Å²) in [6.45, 7) is 2.98. The van der Waals surface area contributed by atoms with Crippen LogP contribution in [0.5, 0.6) is 0 Å². The Kier molecular flexibility index (Phi) is 5.06. The highest BCUT2D eigenvalue weighted by molar-refractivity contribution is 6.05. The molecule has 1 aliphatic heterocycles. The number of carbonyl (C=O) groups is 3. The molecular formula is C16H16N2O7. The number of carbonyl (C=O) groups excluding carboxylic acids is 1. The summed E-state index contributed by atoms with van der Waals surface area (Å²) >= 11 is 0. The summed E-state index contributed by atoms with van der Waals surface area (Å²) in [5.74, 6) is -5.08. The first kappa shape index (κ1) is 18.0. The first-order chi connectivity index (χ1) is 11.8. The Morgan fingerprint density at radius 1 is 1.28 bits per heavy atom. The van der Waals surface area contributed by atoms with Gasteiger partial charge in [-0.15, -0.1) is 0 Å². The molecule has 9 heteroatoms. The van der Waals surface area contributed by atoms with E-state index in [0.717, 1.165) is 6.20 Å². The molecule has 0 fully saturated rings. The van der Waals surface area contributed by atoms with E-state index in [4.69, 9.17) is 4.74 Å². The largest absolute Gasteiger partial charge is 0.619 e.